The number of carbonyl (C=O) groups excluding carboxylic acids is 2. The smallest absolute Gasteiger partial charge is 0.341 e. The number of benzene rings is 2. The molecule has 0 radical (unpaired) electrons. The lowest BCUT2D eigenvalue weighted by Gasteiger charge is -2.11. The molecule has 0 aliphatic carbocycles. The van der Waals surface area contributed by atoms with Crippen LogP contribution < -0.4 is 10.1 Å². The van der Waals surface area contributed by atoms with Crippen LogP contribution in [-0.2, 0) is 22.7 Å². The number of ether oxygens (including phenoxy) is 2. The van der Waals surface area contributed by atoms with E-state index >= 15 is 0 Å². The van der Waals surface area contributed by atoms with Gasteiger partial charge in [0.2, 0.25) is 5.91 Å². The predicted octanol–water partition coefficient (Wildman–Crippen LogP) is 6.08. The number of hydrogen-bond acceptors (Lipinski definition) is 8. The number of aromatic nitrogens is 3. The standard InChI is InChI=1S/C26H25ClN4O4S2/c1-4-31-21(13-35-20-11-10-18(27)12-16(20)2)29-30-26(31)37-15-22(32)28-24-23(25(33)34-3)19(14-36-24)17-8-6-5-7-9-17/h5-12,14H,4,13,15H2,1-3H3,(H,28,32). The highest BCUT2D eigenvalue weighted by atomic mass is 35.5. The van der Waals surface area contributed by atoms with Gasteiger partial charge in [0.15, 0.2) is 11.0 Å². The van der Waals surface area contributed by atoms with E-state index in [1.165, 1.54) is 30.2 Å². The van der Waals surface area contributed by atoms with Gasteiger partial charge < -0.3 is 19.4 Å². The monoisotopic (exact) mass is 556 g/mol. The van der Waals surface area contributed by atoms with Crippen molar-refractivity contribution >= 4 is 51.6 Å². The van der Waals surface area contributed by atoms with Crippen molar-refractivity contribution < 1.29 is 19.1 Å². The van der Waals surface area contributed by atoms with E-state index in [9.17, 15) is 9.59 Å². The van der Waals surface area contributed by atoms with E-state index in [0.717, 1.165) is 16.9 Å². The van der Waals surface area contributed by atoms with Crippen LogP contribution in [0.15, 0.2) is 59.1 Å². The Labute approximate surface area is 228 Å². The highest BCUT2D eigenvalue weighted by Crippen LogP contribution is 2.36. The predicted molar refractivity (Wildman–Crippen MR) is 147 cm³/mol. The molecule has 0 spiro atoms. The number of anilines is 1. The zero-order valence-electron chi connectivity index (χ0n) is 20.5. The summed E-state index contributed by atoms with van der Waals surface area (Å²) in [5, 5.41) is 14.9. The molecule has 2 heterocycles. The van der Waals surface area contributed by atoms with Gasteiger partial charge in [0.1, 0.15) is 22.9 Å². The summed E-state index contributed by atoms with van der Waals surface area (Å²) in [5.41, 5.74) is 2.85. The molecule has 1 N–H and O–H groups in total. The largest absolute Gasteiger partial charge is 0.485 e. The number of halogens is 1. The number of nitrogens with one attached hydrogen (secondary N) is 1. The number of thiophene rings is 1. The first-order valence-corrected chi connectivity index (χ1v) is 13.6. The molecule has 11 heteroatoms. The van der Waals surface area contributed by atoms with E-state index in [-0.39, 0.29) is 18.3 Å². The average molecular weight is 557 g/mol. The average Bonchev–Trinajstić information content (AvgIpc) is 3.50. The maximum Gasteiger partial charge on any atom is 0.341 e. The Hall–Kier alpha value is -3.34. The fourth-order valence-electron chi connectivity index (χ4n) is 3.64. The van der Waals surface area contributed by atoms with Crippen LogP contribution in [0.1, 0.15) is 28.7 Å². The second kappa shape index (κ2) is 12.3. The van der Waals surface area contributed by atoms with Crippen molar-refractivity contribution in [2.24, 2.45) is 0 Å². The van der Waals surface area contributed by atoms with Crippen molar-refractivity contribution in [3.63, 3.8) is 0 Å². The molecule has 37 heavy (non-hydrogen) atoms. The lowest BCUT2D eigenvalue weighted by molar-refractivity contribution is -0.113. The second-order valence-corrected chi connectivity index (χ2v) is 10.1. The van der Waals surface area contributed by atoms with E-state index in [4.69, 9.17) is 21.1 Å². The Kier molecular flexibility index (Phi) is 8.86. The molecule has 2 aromatic heterocycles. The number of thioether (sulfide) groups is 1. The summed E-state index contributed by atoms with van der Waals surface area (Å²) in [7, 11) is 1.32. The second-order valence-electron chi connectivity index (χ2n) is 7.89. The lowest BCUT2D eigenvalue weighted by Crippen LogP contribution is -2.16. The van der Waals surface area contributed by atoms with Gasteiger partial charge in [-0.25, -0.2) is 4.79 Å². The summed E-state index contributed by atoms with van der Waals surface area (Å²) in [4.78, 5) is 25.3. The van der Waals surface area contributed by atoms with E-state index < -0.39 is 5.97 Å². The zero-order chi connectivity index (χ0) is 26.4. The first-order valence-electron chi connectivity index (χ1n) is 11.4. The minimum Gasteiger partial charge on any atom is -0.485 e. The summed E-state index contributed by atoms with van der Waals surface area (Å²) in [5.74, 6) is 0.689. The summed E-state index contributed by atoms with van der Waals surface area (Å²) >= 11 is 8.56. The van der Waals surface area contributed by atoms with Gasteiger partial charge in [-0.2, -0.15) is 0 Å². The van der Waals surface area contributed by atoms with Gasteiger partial charge in [-0.3, -0.25) is 4.79 Å². The van der Waals surface area contributed by atoms with Gasteiger partial charge in [0.05, 0.1) is 12.9 Å². The van der Waals surface area contributed by atoms with Crippen LogP contribution in [0.4, 0.5) is 5.00 Å². The molecule has 0 unspecified atom stereocenters. The summed E-state index contributed by atoms with van der Waals surface area (Å²) in [6.07, 6.45) is 0. The van der Waals surface area contributed by atoms with Gasteiger partial charge in [-0.1, -0.05) is 53.7 Å². The first-order chi connectivity index (χ1) is 17.9. The number of esters is 1. The van der Waals surface area contributed by atoms with Crippen molar-refractivity contribution in [3.05, 3.63) is 75.9 Å². The Morgan fingerprint density at radius 2 is 1.95 bits per heavy atom. The van der Waals surface area contributed by atoms with Crippen molar-refractivity contribution in [1.82, 2.24) is 14.8 Å². The lowest BCUT2D eigenvalue weighted by atomic mass is 10.0. The van der Waals surface area contributed by atoms with E-state index in [1.807, 2.05) is 66.3 Å². The molecule has 0 fully saturated rings. The van der Waals surface area contributed by atoms with Crippen molar-refractivity contribution in [2.45, 2.75) is 32.2 Å². The Bertz CT molecular complexity index is 1410. The third-order valence-electron chi connectivity index (χ3n) is 5.45. The number of rotatable bonds is 10. The Balaban J connectivity index is 1.42. The van der Waals surface area contributed by atoms with E-state index in [0.29, 0.717) is 38.7 Å². The van der Waals surface area contributed by atoms with Crippen LogP contribution in [0.3, 0.4) is 0 Å². The normalized spacial score (nSPS) is 10.8. The van der Waals surface area contributed by atoms with Crippen LogP contribution in [0.2, 0.25) is 5.02 Å². The Morgan fingerprint density at radius 1 is 1.16 bits per heavy atom. The number of aryl methyl sites for hydroxylation is 1. The highest BCUT2D eigenvalue weighted by Gasteiger charge is 2.23. The molecule has 2 aromatic carbocycles. The number of nitrogens with zero attached hydrogens (tertiary/aromatic N) is 3. The summed E-state index contributed by atoms with van der Waals surface area (Å²) < 4.78 is 12.8. The summed E-state index contributed by atoms with van der Waals surface area (Å²) in [6.45, 7) is 4.75. The molecule has 4 rings (SSSR count). The number of amides is 1. The maximum absolute atomic E-state index is 12.8. The maximum atomic E-state index is 12.8. The molecule has 0 atom stereocenters. The van der Waals surface area contributed by atoms with Gasteiger partial charge in [0.25, 0.3) is 0 Å². The van der Waals surface area contributed by atoms with Gasteiger partial charge in [-0.05, 0) is 43.2 Å². The molecular formula is C26H25ClN4O4S2. The molecule has 0 bridgehead atoms. The van der Waals surface area contributed by atoms with Crippen molar-refractivity contribution in [3.8, 4) is 16.9 Å². The van der Waals surface area contributed by atoms with Crippen LogP contribution in [-0.4, -0.2) is 39.5 Å². The van der Waals surface area contributed by atoms with Crippen LogP contribution in [0.5, 0.6) is 5.75 Å². The van der Waals surface area contributed by atoms with Crippen LogP contribution in [0, 0.1) is 6.92 Å². The van der Waals surface area contributed by atoms with Crippen LogP contribution >= 0.6 is 34.7 Å². The Morgan fingerprint density at radius 3 is 2.65 bits per heavy atom. The molecule has 0 aliphatic heterocycles. The minimum atomic E-state index is -0.505. The number of hydrogen-bond donors (Lipinski definition) is 1. The van der Waals surface area contributed by atoms with Crippen LogP contribution in [0.25, 0.3) is 11.1 Å². The van der Waals surface area contributed by atoms with Crippen molar-refractivity contribution in [1.29, 1.82) is 0 Å². The molecule has 1 amide bonds. The molecule has 0 saturated carbocycles. The van der Waals surface area contributed by atoms with Crippen molar-refractivity contribution in [2.75, 3.05) is 18.2 Å². The molecular weight excluding hydrogens is 532 g/mol. The fraction of sp³-hybridized carbons (Fsp3) is 0.231. The zero-order valence-corrected chi connectivity index (χ0v) is 22.9. The van der Waals surface area contributed by atoms with E-state index in [2.05, 4.69) is 15.5 Å². The first kappa shape index (κ1) is 26.7. The molecule has 192 valence electrons. The number of carbonyl (C=O) groups is 2. The summed E-state index contributed by atoms with van der Waals surface area (Å²) in [6, 6.07) is 14.9. The third kappa shape index (κ3) is 6.33. The van der Waals surface area contributed by atoms with Gasteiger partial charge in [0, 0.05) is 22.5 Å². The quantitative estimate of drug-likeness (QED) is 0.187. The topological polar surface area (TPSA) is 95.3 Å². The fourth-order valence-corrected chi connectivity index (χ4v) is 5.67. The molecule has 4 aromatic rings. The minimum absolute atomic E-state index is 0.0917. The highest BCUT2D eigenvalue weighted by molar-refractivity contribution is 7.99. The third-order valence-corrected chi connectivity index (χ3v) is 7.55. The number of methoxy groups -OCH3 is 1. The molecule has 8 nitrogen and oxygen atoms in total. The van der Waals surface area contributed by atoms with Gasteiger partial charge >= 0.3 is 5.97 Å². The molecule has 0 saturated heterocycles. The van der Waals surface area contributed by atoms with E-state index in [1.54, 1.807) is 6.07 Å². The molecule has 0 aliphatic rings. The SMILES string of the molecule is CCn1c(COc2ccc(Cl)cc2C)nnc1SCC(=O)Nc1scc(-c2ccccc2)c1C(=O)OC. The van der Waals surface area contributed by atoms with Gasteiger partial charge in [-0.15, -0.1) is 21.5 Å².